The average Bonchev–Trinajstić information content (AvgIpc) is 2.60. The highest BCUT2D eigenvalue weighted by atomic mass is 35.5. The number of anilines is 1. The standard InChI is InChI=1S/C16H22ClF3N6O/c1-24(2)11-23-15(27)21-3-4-25-5-7-26(8-6-25)14-13(17)9-12(10-22-14)16(18,19)20/h9-11H,3-8H2,1-2H3,(H,21,27)/b23-11+. The Morgan fingerprint density at radius 1 is 1.37 bits per heavy atom. The predicted molar refractivity (Wildman–Crippen MR) is 98.5 cm³/mol. The quantitative estimate of drug-likeness (QED) is 0.600. The van der Waals surface area contributed by atoms with Crippen molar-refractivity contribution in [2.75, 3.05) is 58.3 Å². The summed E-state index contributed by atoms with van der Waals surface area (Å²) in [7, 11) is 3.54. The molecule has 11 heteroatoms. The van der Waals surface area contributed by atoms with Gasteiger partial charge in [-0.25, -0.2) is 9.78 Å². The number of alkyl halides is 3. The fraction of sp³-hybridized carbons (Fsp3) is 0.562. The van der Waals surface area contributed by atoms with Crippen LogP contribution in [0.1, 0.15) is 5.56 Å². The van der Waals surface area contributed by atoms with E-state index in [1.54, 1.807) is 19.0 Å². The maximum atomic E-state index is 12.7. The Bertz CT molecular complexity index is 675. The first-order chi connectivity index (χ1) is 12.7. The lowest BCUT2D eigenvalue weighted by atomic mass is 10.2. The molecule has 0 unspecified atom stereocenters. The van der Waals surface area contributed by atoms with Crippen LogP contribution >= 0.6 is 11.6 Å². The summed E-state index contributed by atoms with van der Waals surface area (Å²) in [6.07, 6.45) is -2.23. The molecule has 7 nitrogen and oxygen atoms in total. The van der Waals surface area contributed by atoms with Gasteiger partial charge in [0.15, 0.2) is 0 Å². The first-order valence-electron chi connectivity index (χ1n) is 8.35. The normalized spacial score (nSPS) is 16.0. The second-order valence-corrected chi connectivity index (χ2v) is 6.70. The van der Waals surface area contributed by atoms with Gasteiger partial charge < -0.3 is 15.1 Å². The molecule has 1 aromatic heterocycles. The van der Waals surface area contributed by atoms with Gasteiger partial charge >= 0.3 is 12.2 Å². The number of nitrogens with zero attached hydrogens (tertiary/aromatic N) is 5. The number of carbonyl (C=O) groups excluding carboxylic acids is 1. The summed E-state index contributed by atoms with van der Waals surface area (Å²) in [5, 5.41) is 2.69. The zero-order chi connectivity index (χ0) is 20.0. The van der Waals surface area contributed by atoms with Crippen LogP contribution in [0, 0.1) is 0 Å². The minimum atomic E-state index is -4.46. The number of hydrogen-bond donors (Lipinski definition) is 1. The third-order valence-electron chi connectivity index (χ3n) is 3.93. The van der Waals surface area contributed by atoms with Gasteiger partial charge in [0, 0.05) is 59.6 Å². The van der Waals surface area contributed by atoms with Crippen LogP contribution in [0.5, 0.6) is 0 Å². The molecule has 1 fully saturated rings. The lowest BCUT2D eigenvalue weighted by molar-refractivity contribution is -0.137. The number of aromatic nitrogens is 1. The third-order valence-corrected chi connectivity index (χ3v) is 4.21. The van der Waals surface area contributed by atoms with Gasteiger partial charge in [0.1, 0.15) is 5.82 Å². The van der Waals surface area contributed by atoms with Crippen molar-refractivity contribution in [2.24, 2.45) is 4.99 Å². The lowest BCUT2D eigenvalue weighted by Gasteiger charge is -2.35. The second-order valence-electron chi connectivity index (χ2n) is 6.30. The van der Waals surface area contributed by atoms with Crippen LogP contribution in [0.25, 0.3) is 0 Å². The van der Waals surface area contributed by atoms with Crippen LogP contribution in [-0.2, 0) is 6.18 Å². The number of piperazine rings is 1. The van der Waals surface area contributed by atoms with Crippen molar-refractivity contribution in [1.82, 2.24) is 20.1 Å². The summed E-state index contributed by atoms with van der Waals surface area (Å²) in [6, 6.07) is 0.503. The number of pyridine rings is 1. The van der Waals surface area contributed by atoms with Gasteiger partial charge in [-0.3, -0.25) is 4.90 Å². The Kier molecular flexibility index (Phi) is 7.25. The molecule has 0 spiro atoms. The van der Waals surface area contributed by atoms with Crippen molar-refractivity contribution in [2.45, 2.75) is 6.18 Å². The molecule has 1 aliphatic rings. The number of nitrogens with one attached hydrogen (secondary N) is 1. The number of urea groups is 1. The molecule has 1 N–H and O–H groups in total. The summed E-state index contributed by atoms with van der Waals surface area (Å²) in [5.41, 5.74) is -0.859. The highest BCUT2D eigenvalue weighted by Crippen LogP contribution is 2.33. The monoisotopic (exact) mass is 406 g/mol. The van der Waals surface area contributed by atoms with E-state index in [2.05, 4.69) is 20.2 Å². The molecule has 2 rings (SSSR count). The van der Waals surface area contributed by atoms with Crippen LogP contribution < -0.4 is 10.2 Å². The first-order valence-corrected chi connectivity index (χ1v) is 8.73. The maximum absolute atomic E-state index is 12.7. The average molecular weight is 407 g/mol. The molecular formula is C16H22ClF3N6O. The highest BCUT2D eigenvalue weighted by molar-refractivity contribution is 6.33. The number of halogens is 4. The van der Waals surface area contributed by atoms with Crippen molar-refractivity contribution in [1.29, 1.82) is 0 Å². The molecular weight excluding hydrogens is 385 g/mol. The molecule has 0 saturated carbocycles. The molecule has 2 amide bonds. The topological polar surface area (TPSA) is 64.1 Å². The fourth-order valence-corrected chi connectivity index (χ4v) is 2.82. The van der Waals surface area contributed by atoms with Gasteiger partial charge in [0.2, 0.25) is 0 Å². The first kappa shape index (κ1) is 21.2. The van der Waals surface area contributed by atoms with Crippen LogP contribution in [0.3, 0.4) is 0 Å². The van der Waals surface area contributed by atoms with E-state index in [9.17, 15) is 18.0 Å². The highest BCUT2D eigenvalue weighted by Gasteiger charge is 2.32. The van der Waals surface area contributed by atoms with Crippen molar-refractivity contribution in [3.63, 3.8) is 0 Å². The van der Waals surface area contributed by atoms with E-state index in [0.717, 1.165) is 12.3 Å². The Balaban J connectivity index is 1.79. The van der Waals surface area contributed by atoms with E-state index >= 15 is 0 Å². The molecule has 1 aliphatic heterocycles. The number of amides is 2. The summed E-state index contributed by atoms with van der Waals surface area (Å²) in [4.78, 5) is 24.8. The van der Waals surface area contributed by atoms with E-state index in [1.807, 2.05) is 4.90 Å². The van der Waals surface area contributed by atoms with E-state index in [4.69, 9.17) is 11.6 Å². The van der Waals surface area contributed by atoms with Gasteiger partial charge in [-0.2, -0.15) is 18.2 Å². The largest absolute Gasteiger partial charge is 0.417 e. The lowest BCUT2D eigenvalue weighted by Crippen LogP contribution is -2.48. The molecule has 0 aromatic carbocycles. The van der Waals surface area contributed by atoms with E-state index in [1.165, 1.54) is 6.34 Å². The molecule has 1 aromatic rings. The molecule has 2 heterocycles. The molecule has 0 bridgehead atoms. The fourth-order valence-electron chi connectivity index (χ4n) is 2.54. The zero-order valence-corrected chi connectivity index (χ0v) is 15.9. The third kappa shape index (κ3) is 6.55. The minimum Gasteiger partial charge on any atom is -0.369 e. The Morgan fingerprint density at radius 2 is 2.04 bits per heavy atom. The van der Waals surface area contributed by atoms with Gasteiger partial charge in [0.25, 0.3) is 0 Å². The maximum Gasteiger partial charge on any atom is 0.417 e. The Labute approximate surface area is 160 Å². The number of aliphatic imine (C=N–C) groups is 1. The summed E-state index contributed by atoms with van der Waals surface area (Å²) >= 11 is 5.99. The molecule has 27 heavy (non-hydrogen) atoms. The van der Waals surface area contributed by atoms with Crippen LogP contribution in [0.15, 0.2) is 17.3 Å². The van der Waals surface area contributed by atoms with Crippen LogP contribution in [0.2, 0.25) is 5.02 Å². The Morgan fingerprint density at radius 3 is 2.59 bits per heavy atom. The van der Waals surface area contributed by atoms with Crippen LogP contribution in [0.4, 0.5) is 23.8 Å². The van der Waals surface area contributed by atoms with Crippen molar-refractivity contribution in [3.05, 3.63) is 22.8 Å². The predicted octanol–water partition coefficient (Wildman–Crippen LogP) is 2.18. The van der Waals surface area contributed by atoms with E-state index in [-0.39, 0.29) is 5.02 Å². The van der Waals surface area contributed by atoms with Gasteiger partial charge in [-0.15, -0.1) is 0 Å². The SMILES string of the molecule is CN(C)/C=N/C(=O)NCCN1CCN(c2ncc(C(F)(F)F)cc2Cl)CC1. The second kappa shape index (κ2) is 9.23. The molecule has 0 atom stereocenters. The minimum absolute atomic E-state index is 0.00991. The Hall–Kier alpha value is -2.07. The molecule has 0 radical (unpaired) electrons. The van der Waals surface area contributed by atoms with Gasteiger partial charge in [-0.05, 0) is 6.07 Å². The number of carbonyl (C=O) groups is 1. The summed E-state index contributed by atoms with van der Waals surface area (Å²) in [5.74, 6) is 0.357. The molecule has 150 valence electrons. The van der Waals surface area contributed by atoms with Gasteiger partial charge in [0.05, 0.1) is 16.9 Å². The molecule has 1 saturated heterocycles. The van der Waals surface area contributed by atoms with E-state index in [0.29, 0.717) is 45.1 Å². The van der Waals surface area contributed by atoms with Crippen molar-refractivity contribution in [3.8, 4) is 0 Å². The van der Waals surface area contributed by atoms with Crippen LogP contribution in [-0.4, -0.2) is 80.5 Å². The van der Waals surface area contributed by atoms with E-state index < -0.39 is 17.8 Å². The summed E-state index contributed by atoms with van der Waals surface area (Å²) in [6.45, 7) is 3.68. The van der Waals surface area contributed by atoms with Crippen molar-refractivity contribution < 1.29 is 18.0 Å². The zero-order valence-electron chi connectivity index (χ0n) is 15.1. The van der Waals surface area contributed by atoms with Crippen molar-refractivity contribution >= 4 is 29.8 Å². The smallest absolute Gasteiger partial charge is 0.369 e. The summed E-state index contributed by atoms with van der Waals surface area (Å²) < 4.78 is 38.1. The number of hydrogen-bond acceptors (Lipinski definition) is 4. The molecule has 0 aliphatic carbocycles. The van der Waals surface area contributed by atoms with Gasteiger partial charge in [-0.1, -0.05) is 11.6 Å². The number of rotatable bonds is 5.